The molecule has 0 fully saturated rings. The van der Waals surface area contributed by atoms with E-state index in [9.17, 15) is 23.2 Å². The third-order valence-electron chi connectivity index (χ3n) is 4.40. The zero-order chi connectivity index (χ0) is 21.6. The van der Waals surface area contributed by atoms with Crippen molar-refractivity contribution in [2.75, 3.05) is 0 Å². The molecule has 3 N–H and O–H groups in total. The zero-order valence-corrected chi connectivity index (χ0v) is 18.1. The van der Waals surface area contributed by atoms with Gasteiger partial charge in [0, 0.05) is 11.1 Å². The van der Waals surface area contributed by atoms with Crippen molar-refractivity contribution >= 4 is 56.5 Å². The highest BCUT2D eigenvalue weighted by atomic mass is 35.5. The van der Waals surface area contributed by atoms with Crippen LogP contribution >= 0.6 is 46.4 Å². The van der Waals surface area contributed by atoms with E-state index in [0.29, 0.717) is 0 Å². The zero-order valence-electron chi connectivity index (χ0n) is 14.3. The fraction of sp³-hybridized carbons (Fsp3) is 0.0526. The highest BCUT2D eigenvalue weighted by Crippen LogP contribution is 2.53. The highest BCUT2D eigenvalue weighted by Gasteiger charge is 2.53. The highest BCUT2D eigenvalue weighted by molar-refractivity contribution is 7.87. The van der Waals surface area contributed by atoms with Gasteiger partial charge in [-0.15, -0.1) is 0 Å². The summed E-state index contributed by atoms with van der Waals surface area (Å²) in [6.07, 6.45) is 0. The van der Waals surface area contributed by atoms with E-state index in [1.165, 1.54) is 42.5 Å². The van der Waals surface area contributed by atoms with E-state index in [4.69, 9.17) is 46.4 Å². The van der Waals surface area contributed by atoms with Crippen molar-refractivity contribution in [3.8, 4) is 11.5 Å². The maximum atomic E-state index is 13.0. The molecule has 1 atom stereocenters. The minimum atomic E-state index is -5.16. The predicted octanol–water partition coefficient (Wildman–Crippen LogP) is 5.89. The van der Waals surface area contributed by atoms with Gasteiger partial charge in [0.15, 0.2) is 4.75 Å². The summed E-state index contributed by atoms with van der Waals surface area (Å²) in [4.78, 5) is 0. The number of rotatable bonds is 4. The number of aromatic hydroxyl groups is 2. The van der Waals surface area contributed by atoms with Crippen LogP contribution in [-0.2, 0) is 14.9 Å². The summed E-state index contributed by atoms with van der Waals surface area (Å²) >= 11 is 24.9. The summed E-state index contributed by atoms with van der Waals surface area (Å²) in [7, 11) is -5.16. The molecule has 0 saturated carbocycles. The molecular formula is C19H12Cl4O5S. The standard InChI is InChI=1S/C19H12Cl4O5S/c20-13-6-2-5-12(17(13)22)19(29(26,27)28,10-3-1-4-11(24)9-10)16-15(25)8-7-14(21)18(16)23/h1-9,24-25H,(H,26,27,28). The van der Waals surface area contributed by atoms with Crippen molar-refractivity contribution in [3.63, 3.8) is 0 Å². The van der Waals surface area contributed by atoms with Crippen molar-refractivity contribution in [2.24, 2.45) is 0 Å². The number of phenols is 2. The predicted molar refractivity (Wildman–Crippen MR) is 114 cm³/mol. The topological polar surface area (TPSA) is 94.8 Å². The number of hydrogen-bond donors (Lipinski definition) is 3. The lowest BCUT2D eigenvalue weighted by Gasteiger charge is -2.34. The number of benzene rings is 3. The molecule has 0 aliphatic heterocycles. The molecule has 0 saturated heterocycles. The summed E-state index contributed by atoms with van der Waals surface area (Å²) in [6.45, 7) is 0. The van der Waals surface area contributed by atoms with Crippen molar-refractivity contribution in [3.05, 3.63) is 91.4 Å². The van der Waals surface area contributed by atoms with Crippen LogP contribution < -0.4 is 0 Å². The van der Waals surface area contributed by atoms with Gasteiger partial charge in [-0.05, 0) is 35.9 Å². The van der Waals surface area contributed by atoms with Crippen LogP contribution in [0.15, 0.2) is 54.6 Å². The monoisotopic (exact) mass is 492 g/mol. The van der Waals surface area contributed by atoms with E-state index in [1.807, 2.05) is 0 Å². The average Bonchev–Trinajstić information content (AvgIpc) is 2.64. The van der Waals surface area contributed by atoms with Crippen LogP contribution in [0.25, 0.3) is 0 Å². The Morgan fingerprint density at radius 2 is 1.41 bits per heavy atom. The van der Waals surface area contributed by atoms with E-state index in [-0.39, 0.29) is 37.0 Å². The molecule has 0 amide bonds. The average molecular weight is 494 g/mol. The van der Waals surface area contributed by atoms with Gasteiger partial charge >= 0.3 is 0 Å². The molecule has 0 spiro atoms. The summed E-state index contributed by atoms with van der Waals surface area (Å²) in [5.41, 5.74) is -0.785. The Balaban J connectivity index is 2.68. The fourth-order valence-corrected chi connectivity index (χ4v) is 5.58. The summed E-state index contributed by atoms with van der Waals surface area (Å²) in [5, 5.41) is 20.0. The Bertz CT molecular complexity index is 1210. The van der Waals surface area contributed by atoms with E-state index >= 15 is 0 Å². The minimum absolute atomic E-state index is 0.00464. The number of halogens is 4. The molecule has 0 radical (unpaired) electrons. The van der Waals surface area contributed by atoms with Crippen LogP contribution in [0.2, 0.25) is 20.1 Å². The smallest absolute Gasteiger partial charge is 0.283 e. The molecule has 3 aromatic rings. The first-order valence-corrected chi connectivity index (χ1v) is 10.9. The number of hydrogen-bond acceptors (Lipinski definition) is 4. The van der Waals surface area contributed by atoms with Gasteiger partial charge in [0.1, 0.15) is 11.5 Å². The van der Waals surface area contributed by atoms with Gasteiger partial charge in [-0.3, -0.25) is 4.55 Å². The quantitative estimate of drug-likeness (QED) is 0.311. The van der Waals surface area contributed by atoms with Crippen molar-refractivity contribution in [1.82, 2.24) is 0 Å². The third-order valence-corrected chi connectivity index (χ3v) is 7.45. The van der Waals surface area contributed by atoms with Crippen LogP contribution in [0.1, 0.15) is 16.7 Å². The molecule has 1 unspecified atom stereocenters. The maximum absolute atomic E-state index is 13.0. The Hall–Kier alpha value is -1.67. The Morgan fingerprint density at radius 1 is 0.793 bits per heavy atom. The molecule has 0 heterocycles. The molecule has 0 aromatic heterocycles. The molecular weight excluding hydrogens is 482 g/mol. The minimum Gasteiger partial charge on any atom is -0.508 e. The molecule has 5 nitrogen and oxygen atoms in total. The lowest BCUT2D eigenvalue weighted by atomic mass is 9.83. The van der Waals surface area contributed by atoms with E-state index in [1.54, 1.807) is 0 Å². The maximum Gasteiger partial charge on any atom is 0.283 e. The molecule has 29 heavy (non-hydrogen) atoms. The van der Waals surface area contributed by atoms with Gasteiger partial charge in [-0.25, -0.2) is 0 Å². The van der Waals surface area contributed by atoms with Crippen LogP contribution in [0.3, 0.4) is 0 Å². The summed E-state index contributed by atoms with van der Waals surface area (Å²) < 4.78 is 34.0. The van der Waals surface area contributed by atoms with Crippen molar-refractivity contribution < 1.29 is 23.2 Å². The Morgan fingerprint density at radius 3 is 2.03 bits per heavy atom. The first-order chi connectivity index (χ1) is 13.5. The van der Waals surface area contributed by atoms with Gasteiger partial charge in [0.05, 0.1) is 20.1 Å². The largest absolute Gasteiger partial charge is 0.508 e. The summed E-state index contributed by atoms with van der Waals surface area (Å²) in [6, 6.07) is 11.6. The first-order valence-electron chi connectivity index (χ1n) is 7.90. The van der Waals surface area contributed by atoms with Crippen LogP contribution in [0.5, 0.6) is 11.5 Å². The SMILES string of the molecule is O=S(=O)(O)C(c1cccc(O)c1)(c1cccc(Cl)c1Cl)c1c(O)ccc(Cl)c1Cl. The third kappa shape index (κ3) is 3.54. The first kappa shape index (κ1) is 22.0. The van der Waals surface area contributed by atoms with Crippen LogP contribution in [0, 0.1) is 0 Å². The van der Waals surface area contributed by atoms with Gasteiger partial charge in [-0.2, -0.15) is 8.42 Å². The van der Waals surface area contributed by atoms with Gasteiger partial charge in [-0.1, -0.05) is 70.7 Å². The molecule has 0 aliphatic rings. The fourth-order valence-electron chi connectivity index (χ4n) is 3.23. The normalized spacial score (nSPS) is 13.8. The van der Waals surface area contributed by atoms with Crippen molar-refractivity contribution in [2.45, 2.75) is 4.75 Å². The Labute approximate surface area is 186 Å². The van der Waals surface area contributed by atoms with Gasteiger partial charge < -0.3 is 10.2 Å². The Kier molecular flexibility index (Phi) is 5.98. The van der Waals surface area contributed by atoms with E-state index in [2.05, 4.69) is 0 Å². The van der Waals surface area contributed by atoms with Crippen LogP contribution in [0.4, 0.5) is 0 Å². The molecule has 10 heteroatoms. The second-order valence-corrected chi connectivity index (χ2v) is 9.20. The van der Waals surface area contributed by atoms with E-state index in [0.717, 1.165) is 12.1 Å². The lowest BCUT2D eigenvalue weighted by Crippen LogP contribution is -2.39. The van der Waals surface area contributed by atoms with Crippen molar-refractivity contribution in [1.29, 1.82) is 0 Å². The molecule has 0 bridgehead atoms. The molecule has 3 rings (SSSR count). The lowest BCUT2D eigenvalue weighted by molar-refractivity contribution is 0.439. The van der Waals surface area contributed by atoms with Gasteiger partial charge in [0.25, 0.3) is 10.1 Å². The summed E-state index contributed by atoms with van der Waals surface area (Å²) in [5.74, 6) is -0.872. The van der Waals surface area contributed by atoms with Crippen LogP contribution in [-0.4, -0.2) is 23.2 Å². The molecule has 152 valence electrons. The molecule has 3 aromatic carbocycles. The molecule has 0 aliphatic carbocycles. The number of phenolic OH excluding ortho intramolecular Hbond substituents is 2. The van der Waals surface area contributed by atoms with Gasteiger partial charge in [0.2, 0.25) is 0 Å². The second-order valence-electron chi connectivity index (χ2n) is 6.06. The van der Waals surface area contributed by atoms with E-state index < -0.39 is 26.2 Å². The second kappa shape index (κ2) is 7.87.